The highest BCUT2D eigenvalue weighted by atomic mass is 79.9. The van der Waals surface area contributed by atoms with Gasteiger partial charge < -0.3 is 10.5 Å². The van der Waals surface area contributed by atoms with Crippen LogP contribution in [0.25, 0.3) is 17.2 Å². The maximum Gasteiger partial charge on any atom is 0.142 e. The second-order valence-electron chi connectivity index (χ2n) is 5.90. The first-order chi connectivity index (χ1) is 12.4. The van der Waals surface area contributed by atoms with Gasteiger partial charge in [-0.05, 0) is 70.3 Å². The van der Waals surface area contributed by atoms with Gasteiger partial charge in [-0.15, -0.1) is 0 Å². The standard InChI is InChI=1S/C20H15BrN4O/c1-10-13(6-12-4-5-17(26-3)16(21)7-12)18-11(2)15(9-23)20(24)25-19(18)14(10)8-22/h4-7H,1-3H3,(H2,24,25)/b13-6+. The fourth-order valence-electron chi connectivity index (χ4n) is 3.13. The van der Waals surface area contributed by atoms with Crippen molar-refractivity contribution in [2.75, 3.05) is 12.8 Å². The molecule has 0 unspecified atom stereocenters. The molecule has 2 aromatic rings. The Hall–Kier alpha value is -3.09. The molecule has 1 aromatic carbocycles. The van der Waals surface area contributed by atoms with Crippen LogP contribution in [0.3, 0.4) is 0 Å². The van der Waals surface area contributed by atoms with Crippen molar-refractivity contribution in [3.8, 4) is 17.9 Å². The van der Waals surface area contributed by atoms with E-state index < -0.39 is 0 Å². The first kappa shape index (κ1) is 17.7. The Labute approximate surface area is 160 Å². The molecule has 26 heavy (non-hydrogen) atoms. The molecule has 1 heterocycles. The Morgan fingerprint density at radius 3 is 2.54 bits per heavy atom. The zero-order valence-electron chi connectivity index (χ0n) is 14.5. The zero-order valence-corrected chi connectivity index (χ0v) is 16.1. The van der Waals surface area contributed by atoms with Gasteiger partial charge in [0, 0.05) is 5.56 Å². The molecule has 0 aliphatic heterocycles. The minimum Gasteiger partial charge on any atom is -0.496 e. The molecule has 1 aromatic heterocycles. The van der Waals surface area contributed by atoms with Crippen molar-refractivity contribution in [3.05, 3.63) is 56.2 Å². The number of halogens is 1. The highest BCUT2D eigenvalue weighted by molar-refractivity contribution is 9.10. The topological polar surface area (TPSA) is 95.7 Å². The van der Waals surface area contributed by atoms with E-state index in [-0.39, 0.29) is 5.82 Å². The average Bonchev–Trinajstić information content (AvgIpc) is 2.86. The minimum absolute atomic E-state index is 0.151. The minimum atomic E-state index is 0.151. The first-order valence-electron chi connectivity index (χ1n) is 7.80. The third-order valence-corrected chi connectivity index (χ3v) is 5.09. The number of ether oxygens (including phenoxy) is 1. The summed E-state index contributed by atoms with van der Waals surface area (Å²) in [4.78, 5) is 4.33. The second kappa shape index (κ2) is 6.67. The molecule has 1 aliphatic rings. The van der Waals surface area contributed by atoms with Gasteiger partial charge in [0.1, 0.15) is 23.7 Å². The smallest absolute Gasteiger partial charge is 0.142 e. The maximum atomic E-state index is 9.58. The Balaban J connectivity index is 2.28. The van der Waals surface area contributed by atoms with Crippen LogP contribution in [0.2, 0.25) is 0 Å². The fraction of sp³-hybridized carbons (Fsp3) is 0.150. The monoisotopic (exact) mass is 406 g/mol. The van der Waals surface area contributed by atoms with Gasteiger partial charge in [0.05, 0.1) is 28.4 Å². The van der Waals surface area contributed by atoms with E-state index in [4.69, 9.17) is 10.5 Å². The number of pyridine rings is 1. The lowest BCUT2D eigenvalue weighted by molar-refractivity contribution is 0.412. The summed E-state index contributed by atoms with van der Waals surface area (Å²) in [6.07, 6.45) is 1.98. The molecule has 5 nitrogen and oxygen atoms in total. The first-order valence-corrected chi connectivity index (χ1v) is 8.59. The summed E-state index contributed by atoms with van der Waals surface area (Å²) in [7, 11) is 1.61. The summed E-state index contributed by atoms with van der Waals surface area (Å²) < 4.78 is 6.10. The van der Waals surface area contributed by atoms with Gasteiger partial charge in [0.2, 0.25) is 0 Å². The molecule has 0 saturated carbocycles. The van der Waals surface area contributed by atoms with Crippen LogP contribution in [-0.4, -0.2) is 12.1 Å². The summed E-state index contributed by atoms with van der Waals surface area (Å²) >= 11 is 3.49. The van der Waals surface area contributed by atoms with Crippen molar-refractivity contribution >= 4 is 39.0 Å². The van der Waals surface area contributed by atoms with Crippen LogP contribution >= 0.6 is 15.9 Å². The van der Waals surface area contributed by atoms with Crippen LogP contribution in [-0.2, 0) is 0 Å². The third kappa shape index (κ3) is 2.65. The van der Waals surface area contributed by atoms with Crippen molar-refractivity contribution in [2.24, 2.45) is 0 Å². The van der Waals surface area contributed by atoms with Gasteiger partial charge in [-0.25, -0.2) is 4.98 Å². The van der Waals surface area contributed by atoms with Crippen LogP contribution < -0.4 is 10.5 Å². The number of nitriles is 2. The van der Waals surface area contributed by atoms with E-state index in [1.807, 2.05) is 38.1 Å². The number of nitrogens with two attached hydrogens (primary N) is 1. The molecule has 0 fully saturated rings. The van der Waals surface area contributed by atoms with E-state index in [0.29, 0.717) is 16.8 Å². The number of methoxy groups -OCH3 is 1. The number of anilines is 1. The van der Waals surface area contributed by atoms with Gasteiger partial charge in [-0.1, -0.05) is 6.07 Å². The van der Waals surface area contributed by atoms with Crippen LogP contribution in [0.1, 0.15) is 34.9 Å². The molecule has 2 N–H and O–H groups in total. The van der Waals surface area contributed by atoms with Crippen LogP contribution in [0.15, 0.2) is 28.2 Å². The van der Waals surface area contributed by atoms with E-state index >= 15 is 0 Å². The summed E-state index contributed by atoms with van der Waals surface area (Å²) in [5.41, 5.74) is 11.4. The Morgan fingerprint density at radius 2 is 1.96 bits per heavy atom. The van der Waals surface area contributed by atoms with Crippen molar-refractivity contribution in [2.45, 2.75) is 13.8 Å². The molecule has 0 radical (unpaired) electrons. The lowest BCUT2D eigenvalue weighted by Gasteiger charge is -2.11. The molecule has 1 aliphatic carbocycles. The summed E-state index contributed by atoms with van der Waals surface area (Å²) in [5, 5.41) is 19.0. The zero-order chi connectivity index (χ0) is 19.0. The number of aromatic nitrogens is 1. The Morgan fingerprint density at radius 1 is 1.23 bits per heavy atom. The Bertz CT molecular complexity index is 1080. The normalized spacial score (nSPS) is 14.2. The highest BCUT2D eigenvalue weighted by Crippen LogP contribution is 2.44. The van der Waals surface area contributed by atoms with Crippen LogP contribution in [0.5, 0.6) is 5.75 Å². The largest absolute Gasteiger partial charge is 0.496 e. The molecule has 0 amide bonds. The lowest BCUT2D eigenvalue weighted by Crippen LogP contribution is -2.03. The van der Waals surface area contributed by atoms with E-state index in [0.717, 1.165) is 38.1 Å². The maximum absolute atomic E-state index is 9.58. The van der Waals surface area contributed by atoms with Crippen LogP contribution in [0, 0.1) is 29.6 Å². The van der Waals surface area contributed by atoms with E-state index in [9.17, 15) is 10.5 Å². The molecule has 0 spiro atoms. The predicted octanol–water partition coefficient (Wildman–Crippen LogP) is 4.47. The number of benzene rings is 1. The van der Waals surface area contributed by atoms with Gasteiger partial charge in [-0.3, -0.25) is 0 Å². The molecule has 0 saturated heterocycles. The third-order valence-electron chi connectivity index (χ3n) is 4.47. The highest BCUT2D eigenvalue weighted by Gasteiger charge is 2.29. The molecule has 128 valence electrons. The average molecular weight is 407 g/mol. The van der Waals surface area contributed by atoms with Gasteiger partial charge in [0.15, 0.2) is 0 Å². The van der Waals surface area contributed by atoms with Crippen molar-refractivity contribution in [1.82, 2.24) is 4.98 Å². The number of nitrogens with zero attached hydrogens (tertiary/aromatic N) is 3. The molecule has 3 rings (SSSR count). The van der Waals surface area contributed by atoms with Gasteiger partial charge >= 0.3 is 0 Å². The molecular formula is C20H15BrN4O. The van der Waals surface area contributed by atoms with Crippen molar-refractivity contribution in [1.29, 1.82) is 10.5 Å². The quantitative estimate of drug-likeness (QED) is 0.793. The van der Waals surface area contributed by atoms with Crippen molar-refractivity contribution < 1.29 is 4.74 Å². The van der Waals surface area contributed by atoms with E-state index in [2.05, 4.69) is 33.1 Å². The van der Waals surface area contributed by atoms with E-state index in [1.165, 1.54) is 0 Å². The van der Waals surface area contributed by atoms with E-state index in [1.54, 1.807) is 7.11 Å². The Kier molecular flexibility index (Phi) is 4.54. The van der Waals surface area contributed by atoms with Crippen molar-refractivity contribution in [3.63, 3.8) is 0 Å². The summed E-state index contributed by atoms with van der Waals surface area (Å²) in [5.74, 6) is 0.888. The number of fused-ring (bicyclic) bond motifs is 1. The van der Waals surface area contributed by atoms with Gasteiger partial charge in [-0.2, -0.15) is 10.5 Å². The van der Waals surface area contributed by atoms with Crippen LogP contribution in [0.4, 0.5) is 5.82 Å². The SMILES string of the molecule is COc1ccc(/C=C2\C(C)=C(C#N)c3nc(N)c(C#N)c(C)c32)cc1Br. The predicted molar refractivity (Wildman–Crippen MR) is 105 cm³/mol. The molecule has 6 heteroatoms. The summed E-state index contributed by atoms with van der Waals surface area (Å²) in [6, 6.07) is 10.1. The molecule has 0 bridgehead atoms. The number of allylic oxidation sites excluding steroid dienone is 3. The van der Waals surface area contributed by atoms with Gasteiger partial charge in [0.25, 0.3) is 0 Å². The fourth-order valence-corrected chi connectivity index (χ4v) is 3.69. The second-order valence-corrected chi connectivity index (χ2v) is 6.75. The molecule has 0 atom stereocenters. The summed E-state index contributed by atoms with van der Waals surface area (Å²) in [6.45, 7) is 3.72. The number of hydrogen-bond donors (Lipinski definition) is 1. The molecular weight excluding hydrogens is 392 g/mol. The number of hydrogen-bond acceptors (Lipinski definition) is 5. The lowest BCUT2D eigenvalue weighted by atomic mass is 9.95. The number of rotatable bonds is 2. The number of nitrogen functional groups attached to an aromatic ring is 1.